The SMILES string of the molecule is CC(C)Nc1ncc(C(=O)N2CCC[C@H](CCc3ccc(F)cc3F)C2)cn1. The number of aryl methyl sites for hydroxylation is 1. The van der Waals surface area contributed by atoms with Gasteiger partial charge in [-0.2, -0.15) is 0 Å². The molecule has 2 heterocycles. The van der Waals surface area contributed by atoms with Gasteiger partial charge >= 0.3 is 0 Å². The number of piperidine rings is 1. The topological polar surface area (TPSA) is 58.1 Å². The Morgan fingerprint density at radius 3 is 2.71 bits per heavy atom. The molecule has 0 unspecified atom stereocenters. The van der Waals surface area contributed by atoms with Gasteiger partial charge in [0, 0.05) is 37.6 Å². The molecule has 1 aromatic heterocycles. The molecule has 1 N–H and O–H groups in total. The number of likely N-dealkylation sites (tertiary alicyclic amines) is 1. The van der Waals surface area contributed by atoms with Gasteiger partial charge in [0.15, 0.2) is 0 Å². The first-order valence-corrected chi connectivity index (χ1v) is 9.74. The maximum Gasteiger partial charge on any atom is 0.257 e. The molecule has 0 radical (unpaired) electrons. The average Bonchev–Trinajstić information content (AvgIpc) is 2.67. The minimum absolute atomic E-state index is 0.0752. The molecule has 1 amide bonds. The fourth-order valence-electron chi connectivity index (χ4n) is 3.52. The van der Waals surface area contributed by atoms with Gasteiger partial charge in [0.1, 0.15) is 11.6 Å². The molecule has 150 valence electrons. The summed E-state index contributed by atoms with van der Waals surface area (Å²) in [4.78, 5) is 23.0. The second kappa shape index (κ2) is 9.08. The highest BCUT2D eigenvalue weighted by atomic mass is 19.1. The van der Waals surface area contributed by atoms with Crippen LogP contribution < -0.4 is 5.32 Å². The van der Waals surface area contributed by atoms with Crippen LogP contribution in [-0.4, -0.2) is 39.9 Å². The van der Waals surface area contributed by atoms with Gasteiger partial charge < -0.3 is 10.2 Å². The number of benzene rings is 1. The minimum atomic E-state index is -0.562. The number of carbonyl (C=O) groups is 1. The van der Waals surface area contributed by atoms with Crippen LogP contribution in [0.5, 0.6) is 0 Å². The number of anilines is 1. The Kier molecular flexibility index (Phi) is 6.54. The number of hydrogen-bond acceptors (Lipinski definition) is 4. The van der Waals surface area contributed by atoms with E-state index in [9.17, 15) is 13.6 Å². The molecular weight excluding hydrogens is 362 g/mol. The monoisotopic (exact) mass is 388 g/mol. The summed E-state index contributed by atoms with van der Waals surface area (Å²) < 4.78 is 26.9. The summed E-state index contributed by atoms with van der Waals surface area (Å²) in [6.45, 7) is 5.32. The molecule has 1 fully saturated rings. The number of nitrogens with one attached hydrogen (secondary N) is 1. The van der Waals surface area contributed by atoms with Gasteiger partial charge in [0.2, 0.25) is 5.95 Å². The van der Waals surface area contributed by atoms with Gasteiger partial charge in [-0.15, -0.1) is 0 Å². The molecule has 2 aromatic rings. The van der Waals surface area contributed by atoms with Crippen molar-refractivity contribution in [3.63, 3.8) is 0 Å². The number of rotatable bonds is 6. The molecule has 1 aliphatic rings. The van der Waals surface area contributed by atoms with Crippen molar-refractivity contribution in [3.8, 4) is 0 Å². The molecule has 0 spiro atoms. The summed E-state index contributed by atoms with van der Waals surface area (Å²) in [5.74, 6) is -0.341. The largest absolute Gasteiger partial charge is 0.352 e. The van der Waals surface area contributed by atoms with Gasteiger partial charge in [-0.25, -0.2) is 18.7 Å². The first-order valence-electron chi connectivity index (χ1n) is 9.74. The highest BCUT2D eigenvalue weighted by Crippen LogP contribution is 2.24. The van der Waals surface area contributed by atoms with Crippen molar-refractivity contribution in [2.45, 2.75) is 45.6 Å². The number of halogens is 2. The van der Waals surface area contributed by atoms with Gasteiger partial charge in [0.05, 0.1) is 5.56 Å². The third-order valence-corrected chi connectivity index (χ3v) is 4.96. The van der Waals surface area contributed by atoms with Crippen LogP contribution in [0.2, 0.25) is 0 Å². The fraction of sp³-hybridized carbons (Fsp3) is 0.476. The van der Waals surface area contributed by atoms with Crippen molar-refractivity contribution in [2.75, 3.05) is 18.4 Å². The van der Waals surface area contributed by atoms with Crippen LogP contribution in [0.1, 0.15) is 49.0 Å². The smallest absolute Gasteiger partial charge is 0.257 e. The number of nitrogens with zero attached hydrogens (tertiary/aromatic N) is 3. The zero-order valence-corrected chi connectivity index (χ0v) is 16.3. The van der Waals surface area contributed by atoms with E-state index >= 15 is 0 Å². The Labute approximate surface area is 164 Å². The van der Waals surface area contributed by atoms with Gasteiger partial charge in [-0.3, -0.25) is 4.79 Å². The number of aromatic nitrogens is 2. The number of amides is 1. The van der Waals surface area contributed by atoms with Crippen molar-refractivity contribution in [2.24, 2.45) is 5.92 Å². The zero-order chi connectivity index (χ0) is 20.1. The van der Waals surface area contributed by atoms with Crippen LogP contribution >= 0.6 is 0 Å². The Balaban J connectivity index is 1.57. The van der Waals surface area contributed by atoms with E-state index in [1.807, 2.05) is 18.7 Å². The number of hydrogen-bond donors (Lipinski definition) is 1. The molecule has 1 aromatic carbocycles. The zero-order valence-electron chi connectivity index (χ0n) is 16.3. The molecule has 1 atom stereocenters. The second-order valence-corrected chi connectivity index (χ2v) is 7.63. The van der Waals surface area contributed by atoms with E-state index < -0.39 is 11.6 Å². The molecule has 0 bridgehead atoms. The quantitative estimate of drug-likeness (QED) is 0.811. The molecule has 0 saturated carbocycles. The lowest BCUT2D eigenvalue weighted by Crippen LogP contribution is -2.40. The maximum absolute atomic E-state index is 13.8. The van der Waals surface area contributed by atoms with Crippen LogP contribution in [0.25, 0.3) is 0 Å². The minimum Gasteiger partial charge on any atom is -0.352 e. The Hall–Kier alpha value is -2.57. The summed E-state index contributed by atoms with van der Waals surface area (Å²) in [6, 6.07) is 3.92. The van der Waals surface area contributed by atoms with Crippen LogP contribution in [0.4, 0.5) is 14.7 Å². The van der Waals surface area contributed by atoms with E-state index in [0.29, 0.717) is 42.5 Å². The lowest BCUT2D eigenvalue weighted by Gasteiger charge is -2.33. The van der Waals surface area contributed by atoms with Crippen molar-refractivity contribution in [1.82, 2.24) is 14.9 Å². The maximum atomic E-state index is 13.8. The van der Waals surface area contributed by atoms with E-state index in [-0.39, 0.29) is 11.9 Å². The molecule has 7 heteroatoms. The second-order valence-electron chi connectivity index (χ2n) is 7.63. The highest BCUT2D eigenvalue weighted by molar-refractivity contribution is 5.93. The summed E-state index contributed by atoms with van der Waals surface area (Å²) in [5, 5.41) is 3.10. The summed E-state index contributed by atoms with van der Waals surface area (Å²) in [6.07, 6.45) is 6.32. The van der Waals surface area contributed by atoms with Gasteiger partial charge in [-0.1, -0.05) is 6.07 Å². The molecular formula is C21H26F2N4O. The average molecular weight is 388 g/mol. The van der Waals surface area contributed by atoms with Crippen LogP contribution in [0.15, 0.2) is 30.6 Å². The van der Waals surface area contributed by atoms with E-state index in [4.69, 9.17) is 0 Å². The van der Waals surface area contributed by atoms with Crippen LogP contribution in [0, 0.1) is 17.6 Å². The number of carbonyl (C=O) groups excluding carboxylic acids is 1. The van der Waals surface area contributed by atoms with Gasteiger partial charge in [-0.05, 0) is 57.1 Å². The van der Waals surface area contributed by atoms with Crippen molar-refractivity contribution in [1.29, 1.82) is 0 Å². The first-order chi connectivity index (χ1) is 13.4. The van der Waals surface area contributed by atoms with Gasteiger partial charge in [0.25, 0.3) is 5.91 Å². The molecule has 3 rings (SSSR count). The fourth-order valence-corrected chi connectivity index (χ4v) is 3.52. The predicted octanol–water partition coefficient (Wildman–Crippen LogP) is 4.06. The normalized spacial score (nSPS) is 17.0. The van der Waals surface area contributed by atoms with Crippen molar-refractivity contribution >= 4 is 11.9 Å². The third kappa shape index (κ3) is 5.24. The predicted molar refractivity (Wildman–Crippen MR) is 104 cm³/mol. The highest BCUT2D eigenvalue weighted by Gasteiger charge is 2.25. The molecule has 0 aliphatic carbocycles. The lowest BCUT2D eigenvalue weighted by molar-refractivity contribution is 0.0667. The Morgan fingerprint density at radius 1 is 1.29 bits per heavy atom. The summed E-state index contributed by atoms with van der Waals surface area (Å²) >= 11 is 0. The van der Waals surface area contributed by atoms with E-state index in [1.165, 1.54) is 12.1 Å². The summed E-state index contributed by atoms with van der Waals surface area (Å²) in [5.41, 5.74) is 0.992. The Morgan fingerprint density at radius 2 is 2.04 bits per heavy atom. The molecule has 1 saturated heterocycles. The van der Waals surface area contributed by atoms with Crippen molar-refractivity contribution in [3.05, 3.63) is 53.4 Å². The van der Waals surface area contributed by atoms with Crippen LogP contribution in [0.3, 0.4) is 0 Å². The third-order valence-electron chi connectivity index (χ3n) is 4.96. The standard InChI is InChI=1S/C21H26F2N4O/c1-14(2)26-21-24-11-17(12-25-21)20(28)27-9-3-4-15(13-27)5-6-16-7-8-18(22)10-19(16)23/h7-8,10-12,14-15H,3-6,9,13H2,1-2H3,(H,24,25,26)/t15-/m1/s1. The lowest BCUT2D eigenvalue weighted by atomic mass is 9.91. The van der Waals surface area contributed by atoms with E-state index in [0.717, 1.165) is 25.3 Å². The Bertz CT molecular complexity index is 811. The van der Waals surface area contributed by atoms with E-state index in [2.05, 4.69) is 15.3 Å². The molecule has 1 aliphatic heterocycles. The molecule has 5 nitrogen and oxygen atoms in total. The van der Waals surface area contributed by atoms with E-state index in [1.54, 1.807) is 12.4 Å². The summed E-state index contributed by atoms with van der Waals surface area (Å²) in [7, 11) is 0. The van der Waals surface area contributed by atoms with Crippen LogP contribution in [-0.2, 0) is 6.42 Å². The molecule has 28 heavy (non-hydrogen) atoms. The first kappa shape index (κ1) is 20.2. The van der Waals surface area contributed by atoms with Crippen molar-refractivity contribution < 1.29 is 13.6 Å².